The van der Waals surface area contributed by atoms with E-state index in [-0.39, 0.29) is 11.8 Å². The number of benzene rings is 1. The third-order valence-corrected chi connectivity index (χ3v) is 4.40. The van der Waals surface area contributed by atoms with E-state index in [4.69, 9.17) is 0 Å². The normalized spacial score (nSPS) is 14.0. The van der Waals surface area contributed by atoms with Crippen molar-refractivity contribution in [3.05, 3.63) is 60.9 Å². The topological polar surface area (TPSA) is 87.1 Å². The molecule has 142 valence electrons. The molecule has 0 unspecified atom stereocenters. The summed E-state index contributed by atoms with van der Waals surface area (Å²) in [4.78, 5) is 32.9. The summed E-state index contributed by atoms with van der Waals surface area (Å²) >= 11 is 0. The van der Waals surface area contributed by atoms with E-state index >= 15 is 0 Å². The van der Waals surface area contributed by atoms with Crippen LogP contribution in [-0.4, -0.2) is 57.0 Å². The lowest BCUT2D eigenvalue weighted by atomic mass is 10.2. The van der Waals surface area contributed by atoms with Crippen molar-refractivity contribution in [2.24, 2.45) is 0 Å². The first-order chi connectivity index (χ1) is 13.7. The summed E-state index contributed by atoms with van der Waals surface area (Å²) in [5.41, 5.74) is 1.25. The van der Waals surface area contributed by atoms with Gasteiger partial charge in [-0.25, -0.2) is 19.2 Å². The Bertz CT molecular complexity index is 961. The van der Waals surface area contributed by atoms with Crippen LogP contribution in [0.2, 0.25) is 0 Å². The second-order valence-electron chi connectivity index (χ2n) is 6.27. The first-order valence-electron chi connectivity index (χ1n) is 8.85. The van der Waals surface area contributed by atoms with Gasteiger partial charge in [0.15, 0.2) is 5.82 Å². The SMILES string of the molecule is O=C(Nc1cccnc1)N1CCN(c2ncnc(-c3cccc(F)c3)n2)CC1. The van der Waals surface area contributed by atoms with Crippen LogP contribution in [0.5, 0.6) is 0 Å². The minimum Gasteiger partial charge on any atom is -0.337 e. The number of anilines is 2. The molecule has 2 amide bonds. The number of carbonyl (C=O) groups excluding carboxylic acids is 1. The number of hydrogen-bond acceptors (Lipinski definition) is 6. The summed E-state index contributed by atoms with van der Waals surface area (Å²) < 4.78 is 13.5. The van der Waals surface area contributed by atoms with Crippen LogP contribution in [0.25, 0.3) is 11.4 Å². The van der Waals surface area contributed by atoms with E-state index in [1.54, 1.807) is 41.6 Å². The number of rotatable bonds is 3. The van der Waals surface area contributed by atoms with E-state index in [0.717, 1.165) is 0 Å². The van der Waals surface area contributed by atoms with E-state index < -0.39 is 0 Å². The fourth-order valence-corrected chi connectivity index (χ4v) is 2.96. The molecule has 0 saturated carbocycles. The Morgan fingerprint density at radius 1 is 1.07 bits per heavy atom. The van der Waals surface area contributed by atoms with Crippen molar-refractivity contribution >= 4 is 17.7 Å². The molecule has 1 N–H and O–H groups in total. The van der Waals surface area contributed by atoms with E-state index in [1.165, 1.54) is 18.5 Å². The van der Waals surface area contributed by atoms with E-state index in [9.17, 15) is 9.18 Å². The molecule has 1 aliphatic rings. The summed E-state index contributed by atoms with van der Waals surface area (Å²) in [6.45, 7) is 2.25. The Kier molecular flexibility index (Phi) is 5.05. The molecule has 1 aromatic carbocycles. The van der Waals surface area contributed by atoms with Gasteiger partial charge in [0.05, 0.1) is 11.9 Å². The zero-order chi connectivity index (χ0) is 19.3. The zero-order valence-corrected chi connectivity index (χ0v) is 15.0. The number of urea groups is 1. The van der Waals surface area contributed by atoms with Gasteiger partial charge in [0.1, 0.15) is 12.1 Å². The minimum absolute atomic E-state index is 0.163. The molecular weight excluding hydrogens is 361 g/mol. The first kappa shape index (κ1) is 17.8. The number of nitrogens with zero attached hydrogens (tertiary/aromatic N) is 6. The lowest BCUT2D eigenvalue weighted by Crippen LogP contribution is -2.50. The molecule has 0 spiro atoms. The van der Waals surface area contributed by atoms with Crippen LogP contribution in [-0.2, 0) is 0 Å². The third-order valence-electron chi connectivity index (χ3n) is 4.40. The molecule has 4 rings (SSSR count). The van der Waals surface area contributed by atoms with Crippen LogP contribution < -0.4 is 10.2 Å². The van der Waals surface area contributed by atoms with Crippen LogP contribution in [0.15, 0.2) is 55.1 Å². The average molecular weight is 379 g/mol. The number of amides is 2. The predicted molar refractivity (Wildman–Crippen MR) is 102 cm³/mol. The standard InChI is InChI=1S/C19H18FN7O/c20-15-4-1-3-14(11-15)17-22-13-23-18(25-17)26-7-9-27(10-8-26)19(28)24-16-5-2-6-21-12-16/h1-6,11-13H,7-10H2,(H,24,28). The van der Waals surface area contributed by atoms with Gasteiger partial charge in [-0.05, 0) is 24.3 Å². The van der Waals surface area contributed by atoms with Crippen molar-refractivity contribution in [1.82, 2.24) is 24.8 Å². The number of piperazine rings is 1. The number of nitrogens with one attached hydrogen (secondary N) is 1. The average Bonchev–Trinajstić information content (AvgIpc) is 2.75. The van der Waals surface area contributed by atoms with Gasteiger partial charge in [-0.1, -0.05) is 12.1 Å². The van der Waals surface area contributed by atoms with Gasteiger partial charge in [0, 0.05) is 37.9 Å². The van der Waals surface area contributed by atoms with Crippen LogP contribution >= 0.6 is 0 Å². The maximum Gasteiger partial charge on any atom is 0.322 e. The maximum absolute atomic E-state index is 13.5. The highest BCUT2D eigenvalue weighted by Crippen LogP contribution is 2.18. The van der Waals surface area contributed by atoms with Gasteiger partial charge in [-0.2, -0.15) is 4.98 Å². The summed E-state index contributed by atoms with van der Waals surface area (Å²) in [6.07, 6.45) is 4.68. The van der Waals surface area contributed by atoms with Crippen molar-refractivity contribution < 1.29 is 9.18 Å². The lowest BCUT2D eigenvalue weighted by molar-refractivity contribution is 0.208. The number of pyridine rings is 1. The van der Waals surface area contributed by atoms with Crippen molar-refractivity contribution in [3.63, 3.8) is 0 Å². The summed E-state index contributed by atoms with van der Waals surface area (Å²) in [5.74, 6) is 0.593. The van der Waals surface area contributed by atoms with E-state index in [2.05, 4.69) is 25.3 Å². The highest BCUT2D eigenvalue weighted by molar-refractivity contribution is 5.89. The fourth-order valence-electron chi connectivity index (χ4n) is 2.96. The highest BCUT2D eigenvalue weighted by atomic mass is 19.1. The van der Waals surface area contributed by atoms with Crippen LogP contribution in [0.4, 0.5) is 20.8 Å². The molecule has 1 saturated heterocycles. The van der Waals surface area contributed by atoms with Crippen molar-refractivity contribution in [1.29, 1.82) is 0 Å². The van der Waals surface area contributed by atoms with E-state index in [0.29, 0.717) is 49.2 Å². The highest BCUT2D eigenvalue weighted by Gasteiger charge is 2.23. The number of hydrogen-bond donors (Lipinski definition) is 1. The number of carbonyl (C=O) groups is 1. The fraction of sp³-hybridized carbons (Fsp3) is 0.211. The molecule has 0 bridgehead atoms. The van der Waals surface area contributed by atoms with Crippen molar-refractivity contribution in [2.45, 2.75) is 0 Å². The van der Waals surface area contributed by atoms with Gasteiger partial charge in [0.2, 0.25) is 5.95 Å². The Morgan fingerprint density at radius 2 is 1.93 bits per heavy atom. The lowest BCUT2D eigenvalue weighted by Gasteiger charge is -2.34. The molecule has 1 aliphatic heterocycles. The third kappa shape index (κ3) is 4.03. The molecule has 0 atom stereocenters. The molecule has 0 aliphatic carbocycles. The van der Waals surface area contributed by atoms with Crippen LogP contribution in [0, 0.1) is 5.82 Å². The molecule has 2 aromatic heterocycles. The van der Waals surface area contributed by atoms with Gasteiger partial charge in [-0.15, -0.1) is 0 Å². The van der Waals surface area contributed by atoms with E-state index in [1.807, 2.05) is 4.90 Å². The predicted octanol–water partition coefficient (Wildman–Crippen LogP) is 2.43. The molecular formula is C19H18FN7O. The van der Waals surface area contributed by atoms with Gasteiger partial charge in [0.25, 0.3) is 0 Å². The second kappa shape index (κ2) is 7.95. The molecule has 9 heteroatoms. The monoisotopic (exact) mass is 379 g/mol. The summed E-state index contributed by atoms with van der Waals surface area (Å²) in [6, 6.07) is 9.53. The van der Waals surface area contributed by atoms with Gasteiger partial charge < -0.3 is 15.1 Å². The number of halogens is 1. The molecule has 28 heavy (non-hydrogen) atoms. The summed E-state index contributed by atoms with van der Waals surface area (Å²) in [7, 11) is 0. The molecule has 8 nitrogen and oxygen atoms in total. The Balaban J connectivity index is 1.40. The Hall–Kier alpha value is -3.62. The molecule has 3 aromatic rings. The van der Waals surface area contributed by atoms with Gasteiger partial charge >= 0.3 is 6.03 Å². The first-order valence-corrected chi connectivity index (χ1v) is 8.85. The van der Waals surface area contributed by atoms with Crippen molar-refractivity contribution in [2.75, 3.05) is 36.4 Å². The van der Waals surface area contributed by atoms with Crippen LogP contribution in [0.1, 0.15) is 0 Å². The largest absolute Gasteiger partial charge is 0.337 e. The Morgan fingerprint density at radius 3 is 2.68 bits per heavy atom. The Labute approximate surface area is 161 Å². The maximum atomic E-state index is 13.5. The van der Waals surface area contributed by atoms with Crippen molar-refractivity contribution in [3.8, 4) is 11.4 Å². The minimum atomic E-state index is -0.340. The van der Waals surface area contributed by atoms with Gasteiger partial charge in [-0.3, -0.25) is 4.98 Å². The second-order valence-corrected chi connectivity index (χ2v) is 6.27. The number of aromatic nitrogens is 4. The molecule has 1 fully saturated rings. The smallest absolute Gasteiger partial charge is 0.322 e. The zero-order valence-electron chi connectivity index (χ0n) is 15.0. The van der Waals surface area contributed by atoms with Crippen LogP contribution in [0.3, 0.4) is 0 Å². The molecule has 3 heterocycles. The quantitative estimate of drug-likeness (QED) is 0.752. The summed E-state index contributed by atoms with van der Waals surface area (Å²) in [5, 5.41) is 2.83. The molecule has 0 radical (unpaired) electrons.